The van der Waals surface area contributed by atoms with E-state index in [9.17, 15) is 45.6 Å². The molecule has 2 heterocycles. The first-order chi connectivity index (χ1) is 46.6. The highest BCUT2D eigenvalue weighted by atomic mass is 16.7. The molecule has 2 aliphatic rings. The third-order valence-corrected chi connectivity index (χ3v) is 19.4. The number of ether oxygens (including phenoxy) is 4. The average Bonchev–Trinajstić information content (AvgIpc) is 0.801. The number of aliphatic hydroxyl groups is 8. The molecule has 9 N–H and O–H groups in total. The maximum atomic E-state index is 13.4. The number of nitrogens with one attached hydrogen (secondary N) is 1. The van der Waals surface area contributed by atoms with Gasteiger partial charge in [0.1, 0.15) is 48.8 Å². The maximum absolute atomic E-state index is 13.4. The van der Waals surface area contributed by atoms with Crippen LogP contribution in [0.25, 0.3) is 0 Å². The molecule has 14 nitrogen and oxygen atoms in total. The SMILES string of the molecule is CCCCCCC/C=C\C/C=C\CCCCCCCCCCCCCCCCCCCCCC(=O)NC(COC1OC(CO)C(OC2OC(CO)C(O)C(O)C2O)C(O)C1O)C(O)/C=C/CC/C=C/CC/C=C/CCCCCCCCCCCCCCCCCCCCCC. The number of allylic oxidation sites excluding steroid dienone is 9. The largest absolute Gasteiger partial charge is 0.394 e. The molecule has 2 rings (SSSR count). The highest BCUT2D eigenvalue weighted by Crippen LogP contribution is 2.30. The molecule has 2 fully saturated rings. The third kappa shape index (κ3) is 48.2. The standard InChI is InChI=1S/C81H149NO13/c1-3-5-7-9-11-13-15-17-19-21-23-25-27-29-31-33-35-37-39-41-43-45-47-49-51-53-55-57-59-61-63-65-73(86)82-69(68-92-80-78(91)76(89)79(72(67-84)94-80)95-81-77(90)75(88)74(87)71(66-83)93-81)70(85)64-62-60-58-56-54-52-50-48-46-44-42-40-38-36-34-32-30-28-26-24-22-20-18-16-14-12-10-8-6-4-2/h15,17,21,23,46,48,54,56,62,64,69-72,74-81,83-85,87-91H,3-14,16,18-20,22,24-45,47,49-53,55,57-61,63,65-68H2,1-2H3,(H,82,86)/b17-15-,23-21-,48-46+,56-54+,64-62+. The van der Waals surface area contributed by atoms with E-state index in [1.54, 1.807) is 6.08 Å². The summed E-state index contributed by atoms with van der Waals surface area (Å²) >= 11 is 0. The Hall–Kier alpha value is -2.31. The fourth-order valence-corrected chi connectivity index (χ4v) is 13.1. The van der Waals surface area contributed by atoms with Crippen LogP contribution < -0.4 is 5.32 Å². The van der Waals surface area contributed by atoms with Crippen molar-refractivity contribution in [1.29, 1.82) is 0 Å². The molecular formula is C81H149NO13. The number of carbonyl (C=O) groups excluding carboxylic acids is 1. The second-order valence-electron chi connectivity index (χ2n) is 28.2. The van der Waals surface area contributed by atoms with Crippen molar-refractivity contribution < 1.29 is 64.6 Å². The summed E-state index contributed by atoms with van der Waals surface area (Å²) in [6, 6.07) is -0.941. The van der Waals surface area contributed by atoms with Crippen LogP contribution in [0.1, 0.15) is 354 Å². The molecule has 556 valence electrons. The number of carbonyl (C=O) groups is 1. The van der Waals surface area contributed by atoms with Gasteiger partial charge in [0.05, 0.1) is 32.0 Å². The Bertz CT molecular complexity index is 1830. The van der Waals surface area contributed by atoms with Crippen LogP contribution in [0.15, 0.2) is 60.8 Å². The Labute approximate surface area is 581 Å². The van der Waals surface area contributed by atoms with E-state index in [2.05, 4.69) is 67.8 Å². The van der Waals surface area contributed by atoms with Gasteiger partial charge in [0, 0.05) is 6.42 Å². The van der Waals surface area contributed by atoms with Gasteiger partial charge in [-0.3, -0.25) is 4.79 Å². The Kier molecular flexibility index (Phi) is 60.8. The first kappa shape index (κ1) is 88.8. The van der Waals surface area contributed by atoms with Crippen LogP contribution in [0.3, 0.4) is 0 Å². The lowest BCUT2D eigenvalue weighted by Crippen LogP contribution is -2.65. The Morgan fingerprint density at radius 2 is 0.705 bits per heavy atom. The fourth-order valence-electron chi connectivity index (χ4n) is 13.1. The normalized spacial score (nSPS) is 22.6. The lowest BCUT2D eigenvalue weighted by molar-refractivity contribution is -0.359. The lowest BCUT2D eigenvalue weighted by atomic mass is 9.97. The first-order valence-corrected chi connectivity index (χ1v) is 40.0. The number of aliphatic hydroxyl groups excluding tert-OH is 8. The van der Waals surface area contributed by atoms with E-state index in [1.807, 2.05) is 6.08 Å². The molecule has 95 heavy (non-hydrogen) atoms. The quantitative estimate of drug-likeness (QED) is 0.0204. The second kappa shape index (κ2) is 65.0. The summed E-state index contributed by atoms with van der Waals surface area (Å²) in [5.74, 6) is -0.248. The predicted octanol–water partition coefficient (Wildman–Crippen LogP) is 18.0. The molecule has 0 aromatic heterocycles. The molecule has 0 saturated carbocycles. The van der Waals surface area contributed by atoms with Gasteiger partial charge in [0.25, 0.3) is 0 Å². The number of hydrogen-bond acceptors (Lipinski definition) is 13. The first-order valence-electron chi connectivity index (χ1n) is 40.0. The van der Waals surface area contributed by atoms with Crippen molar-refractivity contribution >= 4 is 5.91 Å². The molecule has 14 heteroatoms. The van der Waals surface area contributed by atoms with Crippen molar-refractivity contribution in [2.24, 2.45) is 0 Å². The topological polar surface area (TPSA) is 228 Å². The van der Waals surface area contributed by atoms with Crippen molar-refractivity contribution in [2.45, 2.75) is 428 Å². The second-order valence-corrected chi connectivity index (χ2v) is 28.2. The minimum atomic E-state index is -1.79. The Balaban J connectivity index is 1.64. The minimum absolute atomic E-state index is 0.248. The zero-order valence-corrected chi connectivity index (χ0v) is 60.9. The van der Waals surface area contributed by atoms with Gasteiger partial charge < -0.3 is 65.1 Å². The smallest absolute Gasteiger partial charge is 0.220 e. The van der Waals surface area contributed by atoms with Gasteiger partial charge in [-0.25, -0.2) is 0 Å². The van der Waals surface area contributed by atoms with Crippen molar-refractivity contribution in [3.05, 3.63) is 60.8 Å². The zero-order valence-electron chi connectivity index (χ0n) is 60.9. The van der Waals surface area contributed by atoms with Crippen LogP contribution in [0.2, 0.25) is 0 Å². The Morgan fingerprint density at radius 3 is 1.09 bits per heavy atom. The maximum Gasteiger partial charge on any atom is 0.220 e. The lowest BCUT2D eigenvalue weighted by Gasteiger charge is -2.46. The van der Waals surface area contributed by atoms with Gasteiger partial charge in [0.15, 0.2) is 12.6 Å². The van der Waals surface area contributed by atoms with E-state index in [1.165, 1.54) is 270 Å². The molecule has 0 spiro atoms. The van der Waals surface area contributed by atoms with Crippen LogP contribution in [0.4, 0.5) is 0 Å². The van der Waals surface area contributed by atoms with E-state index >= 15 is 0 Å². The molecule has 0 aliphatic carbocycles. The number of amides is 1. The summed E-state index contributed by atoms with van der Waals surface area (Å²) in [6.45, 7) is 2.82. The van der Waals surface area contributed by atoms with Gasteiger partial charge in [-0.1, -0.05) is 331 Å². The van der Waals surface area contributed by atoms with Gasteiger partial charge in [-0.05, 0) is 77.0 Å². The molecule has 12 unspecified atom stereocenters. The highest BCUT2D eigenvalue weighted by Gasteiger charge is 2.51. The molecule has 0 aromatic carbocycles. The number of hydrogen-bond donors (Lipinski definition) is 9. The van der Waals surface area contributed by atoms with E-state index in [0.29, 0.717) is 12.8 Å². The summed E-state index contributed by atoms with van der Waals surface area (Å²) in [4.78, 5) is 13.4. The number of rotatable bonds is 67. The van der Waals surface area contributed by atoms with Crippen LogP contribution in [-0.2, 0) is 23.7 Å². The highest BCUT2D eigenvalue weighted by molar-refractivity contribution is 5.76. The van der Waals surface area contributed by atoms with Crippen LogP contribution in [0, 0.1) is 0 Å². The van der Waals surface area contributed by atoms with Crippen molar-refractivity contribution in [1.82, 2.24) is 5.32 Å². The van der Waals surface area contributed by atoms with Gasteiger partial charge in [-0.2, -0.15) is 0 Å². The van der Waals surface area contributed by atoms with Crippen molar-refractivity contribution in [2.75, 3.05) is 19.8 Å². The predicted molar refractivity (Wildman–Crippen MR) is 392 cm³/mol. The average molecular weight is 1350 g/mol. The molecular weight excluding hydrogens is 1190 g/mol. The zero-order chi connectivity index (χ0) is 68.7. The summed E-state index contributed by atoms with van der Waals surface area (Å²) in [5, 5.41) is 87.6. The monoisotopic (exact) mass is 1340 g/mol. The molecule has 0 radical (unpaired) electrons. The van der Waals surface area contributed by atoms with E-state index < -0.39 is 86.8 Å². The summed E-state index contributed by atoms with van der Waals surface area (Å²) < 4.78 is 22.9. The van der Waals surface area contributed by atoms with E-state index in [-0.39, 0.29) is 18.9 Å². The fraction of sp³-hybridized carbons (Fsp3) is 0.864. The molecule has 12 atom stereocenters. The minimum Gasteiger partial charge on any atom is -0.394 e. The summed E-state index contributed by atoms with van der Waals surface area (Å²) in [5.41, 5.74) is 0. The summed E-state index contributed by atoms with van der Waals surface area (Å²) in [6.07, 6.45) is 71.6. The third-order valence-electron chi connectivity index (χ3n) is 19.4. The van der Waals surface area contributed by atoms with Crippen LogP contribution in [0.5, 0.6) is 0 Å². The van der Waals surface area contributed by atoms with Crippen molar-refractivity contribution in [3.8, 4) is 0 Å². The molecule has 0 aromatic rings. The number of unbranched alkanes of at least 4 members (excludes halogenated alkanes) is 46. The van der Waals surface area contributed by atoms with E-state index in [0.717, 1.165) is 51.4 Å². The Morgan fingerprint density at radius 1 is 0.379 bits per heavy atom. The van der Waals surface area contributed by atoms with E-state index in [4.69, 9.17) is 18.9 Å². The van der Waals surface area contributed by atoms with Gasteiger partial charge in [0.2, 0.25) is 5.91 Å². The molecule has 0 bridgehead atoms. The van der Waals surface area contributed by atoms with Gasteiger partial charge in [-0.15, -0.1) is 0 Å². The molecule has 2 saturated heterocycles. The van der Waals surface area contributed by atoms with Crippen LogP contribution >= 0.6 is 0 Å². The summed E-state index contributed by atoms with van der Waals surface area (Å²) in [7, 11) is 0. The van der Waals surface area contributed by atoms with Crippen molar-refractivity contribution in [3.63, 3.8) is 0 Å². The van der Waals surface area contributed by atoms with Gasteiger partial charge >= 0.3 is 0 Å². The molecule has 2 aliphatic heterocycles. The van der Waals surface area contributed by atoms with Crippen LogP contribution in [-0.4, -0.2) is 140 Å². The molecule has 1 amide bonds.